The lowest BCUT2D eigenvalue weighted by Gasteiger charge is -2.17. The Kier molecular flexibility index (Phi) is 6.46. The van der Waals surface area contributed by atoms with Crippen LogP contribution in [-0.2, 0) is 0 Å². The van der Waals surface area contributed by atoms with Gasteiger partial charge in [0.1, 0.15) is 5.82 Å². The van der Waals surface area contributed by atoms with E-state index in [9.17, 15) is 9.18 Å². The van der Waals surface area contributed by atoms with Gasteiger partial charge in [-0.05, 0) is 24.8 Å². The molecule has 1 rings (SSSR count). The van der Waals surface area contributed by atoms with Gasteiger partial charge in [-0.3, -0.25) is 4.79 Å². The molecule has 0 saturated carbocycles. The SMILES string of the molecule is CSC[C@H](CCO)NC(=O)c1cccc(F)c1Cl. The molecule has 0 saturated heterocycles. The maximum atomic E-state index is 13.2. The van der Waals surface area contributed by atoms with Gasteiger partial charge in [0.05, 0.1) is 10.6 Å². The number of halogens is 2. The number of aliphatic hydroxyl groups excluding tert-OH is 1. The number of amides is 1. The summed E-state index contributed by atoms with van der Waals surface area (Å²) in [5.41, 5.74) is 0.112. The zero-order valence-corrected chi connectivity index (χ0v) is 11.5. The molecule has 100 valence electrons. The van der Waals surface area contributed by atoms with Crippen molar-refractivity contribution in [2.24, 2.45) is 0 Å². The van der Waals surface area contributed by atoms with Gasteiger partial charge in [0.15, 0.2) is 0 Å². The summed E-state index contributed by atoms with van der Waals surface area (Å²) >= 11 is 7.30. The number of nitrogens with one attached hydrogen (secondary N) is 1. The molecule has 0 aliphatic carbocycles. The van der Waals surface area contributed by atoms with Crippen molar-refractivity contribution in [3.8, 4) is 0 Å². The maximum Gasteiger partial charge on any atom is 0.253 e. The molecule has 0 unspecified atom stereocenters. The normalized spacial score (nSPS) is 12.2. The van der Waals surface area contributed by atoms with E-state index < -0.39 is 11.7 Å². The number of benzene rings is 1. The number of carbonyl (C=O) groups excluding carboxylic acids is 1. The molecule has 1 aromatic carbocycles. The van der Waals surface area contributed by atoms with E-state index in [4.69, 9.17) is 16.7 Å². The Morgan fingerprint density at radius 3 is 2.94 bits per heavy atom. The molecule has 0 bridgehead atoms. The fourth-order valence-corrected chi connectivity index (χ4v) is 2.36. The fraction of sp³-hybridized carbons (Fsp3) is 0.417. The topological polar surface area (TPSA) is 49.3 Å². The summed E-state index contributed by atoms with van der Waals surface area (Å²) in [6.07, 6.45) is 2.37. The average Bonchev–Trinajstić information content (AvgIpc) is 2.33. The Balaban J connectivity index is 2.77. The lowest BCUT2D eigenvalue weighted by molar-refractivity contribution is 0.0935. The van der Waals surface area contributed by atoms with Crippen molar-refractivity contribution in [3.63, 3.8) is 0 Å². The van der Waals surface area contributed by atoms with Crippen LogP contribution in [-0.4, -0.2) is 35.7 Å². The van der Waals surface area contributed by atoms with E-state index in [2.05, 4.69) is 5.32 Å². The molecule has 1 atom stereocenters. The highest BCUT2D eigenvalue weighted by molar-refractivity contribution is 7.98. The van der Waals surface area contributed by atoms with E-state index in [-0.39, 0.29) is 23.2 Å². The molecule has 0 aliphatic rings. The fourth-order valence-electron chi connectivity index (χ4n) is 1.50. The van der Waals surface area contributed by atoms with E-state index >= 15 is 0 Å². The van der Waals surface area contributed by atoms with Crippen molar-refractivity contribution in [2.75, 3.05) is 18.6 Å². The van der Waals surface area contributed by atoms with Crippen LogP contribution >= 0.6 is 23.4 Å². The third-order valence-electron chi connectivity index (χ3n) is 2.38. The van der Waals surface area contributed by atoms with Crippen LogP contribution in [0, 0.1) is 5.82 Å². The Morgan fingerprint density at radius 1 is 1.61 bits per heavy atom. The largest absolute Gasteiger partial charge is 0.396 e. The smallest absolute Gasteiger partial charge is 0.253 e. The van der Waals surface area contributed by atoms with Crippen molar-refractivity contribution in [3.05, 3.63) is 34.6 Å². The summed E-state index contributed by atoms with van der Waals surface area (Å²) in [7, 11) is 0. The number of hydrogen-bond acceptors (Lipinski definition) is 3. The van der Waals surface area contributed by atoms with Gasteiger partial charge in [-0.15, -0.1) is 0 Å². The number of aliphatic hydroxyl groups is 1. The lowest BCUT2D eigenvalue weighted by atomic mass is 10.1. The van der Waals surface area contributed by atoms with Crippen molar-refractivity contribution >= 4 is 29.3 Å². The van der Waals surface area contributed by atoms with Crippen molar-refractivity contribution in [2.45, 2.75) is 12.5 Å². The highest BCUT2D eigenvalue weighted by atomic mass is 35.5. The molecule has 0 heterocycles. The predicted octanol–water partition coefficient (Wildman–Crippen LogP) is 2.32. The molecule has 2 N–H and O–H groups in total. The Hall–Kier alpha value is -0.780. The third-order valence-corrected chi connectivity index (χ3v) is 3.50. The highest BCUT2D eigenvalue weighted by Gasteiger charge is 2.17. The minimum atomic E-state index is -0.618. The first kappa shape index (κ1) is 15.3. The first-order valence-electron chi connectivity index (χ1n) is 5.44. The van der Waals surface area contributed by atoms with Gasteiger partial charge in [-0.2, -0.15) is 11.8 Å². The van der Waals surface area contributed by atoms with Gasteiger partial charge in [0.2, 0.25) is 0 Å². The van der Waals surface area contributed by atoms with Gasteiger partial charge in [-0.1, -0.05) is 17.7 Å². The summed E-state index contributed by atoms with van der Waals surface area (Å²) in [6.45, 7) is -0.0115. The van der Waals surface area contributed by atoms with Crippen LogP contribution < -0.4 is 5.32 Å². The molecule has 0 fully saturated rings. The number of thioether (sulfide) groups is 1. The average molecular weight is 292 g/mol. The molecule has 0 spiro atoms. The first-order valence-corrected chi connectivity index (χ1v) is 7.22. The van der Waals surface area contributed by atoms with Crippen LogP contribution in [0.2, 0.25) is 5.02 Å². The number of hydrogen-bond donors (Lipinski definition) is 2. The zero-order valence-electron chi connectivity index (χ0n) is 9.95. The lowest BCUT2D eigenvalue weighted by Crippen LogP contribution is -2.37. The van der Waals surface area contributed by atoms with Gasteiger partial charge in [0, 0.05) is 18.4 Å². The van der Waals surface area contributed by atoms with Crippen molar-refractivity contribution in [1.82, 2.24) is 5.32 Å². The Labute approximate surface area is 115 Å². The molecule has 6 heteroatoms. The minimum Gasteiger partial charge on any atom is -0.396 e. The number of rotatable bonds is 6. The molecular formula is C12H15ClFNO2S. The highest BCUT2D eigenvalue weighted by Crippen LogP contribution is 2.19. The zero-order chi connectivity index (χ0) is 13.5. The molecule has 18 heavy (non-hydrogen) atoms. The Bertz CT molecular complexity index is 411. The summed E-state index contributed by atoms with van der Waals surface area (Å²) in [4.78, 5) is 11.9. The standard InChI is InChI=1S/C12H15ClFNO2S/c1-18-7-8(5-6-16)15-12(17)9-3-2-4-10(14)11(9)13/h2-4,8,16H,5-7H2,1H3,(H,15,17)/t8-/m0/s1. The van der Waals surface area contributed by atoms with E-state index in [0.717, 1.165) is 0 Å². The molecular weight excluding hydrogens is 277 g/mol. The van der Waals surface area contributed by atoms with Crippen molar-refractivity contribution in [1.29, 1.82) is 0 Å². The molecule has 3 nitrogen and oxygen atoms in total. The quantitative estimate of drug-likeness (QED) is 0.846. The predicted molar refractivity (Wildman–Crippen MR) is 72.7 cm³/mol. The summed E-state index contributed by atoms with van der Waals surface area (Å²) < 4.78 is 13.2. The molecule has 0 aromatic heterocycles. The van der Waals surface area contributed by atoms with Crippen LogP contribution in [0.3, 0.4) is 0 Å². The van der Waals surface area contributed by atoms with E-state index in [0.29, 0.717) is 12.2 Å². The van der Waals surface area contributed by atoms with Gasteiger partial charge in [0.25, 0.3) is 5.91 Å². The third kappa shape index (κ3) is 4.15. The molecule has 0 aliphatic heterocycles. The second kappa shape index (κ2) is 7.61. The minimum absolute atomic E-state index is 0.0115. The first-order chi connectivity index (χ1) is 8.60. The maximum absolute atomic E-state index is 13.2. The summed E-state index contributed by atoms with van der Waals surface area (Å²) in [6, 6.07) is 3.95. The Morgan fingerprint density at radius 2 is 2.33 bits per heavy atom. The van der Waals surface area contributed by atoms with Crippen LogP contribution in [0.1, 0.15) is 16.8 Å². The van der Waals surface area contributed by atoms with Crippen LogP contribution in [0.4, 0.5) is 4.39 Å². The molecule has 1 aromatic rings. The van der Waals surface area contributed by atoms with Crippen LogP contribution in [0.5, 0.6) is 0 Å². The van der Waals surface area contributed by atoms with Gasteiger partial charge in [-0.25, -0.2) is 4.39 Å². The second-order valence-electron chi connectivity index (χ2n) is 3.74. The second-order valence-corrected chi connectivity index (χ2v) is 5.03. The monoisotopic (exact) mass is 291 g/mol. The summed E-state index contributed by atoms with van der Waals surface area (Å²) in [5, 5.41) is 11.5. The van der Waals surface area contributed by atoms with E-state index in [1.54, 1.807) is 11.8 Å². The molecule has 0 radical (unpaired) electrons. The number of carbonyl (C=O) groups is 1. The van der Waals surface area contributed by atoms with E-state index in [1.165, 1.54) is 18.2 Å². The summed E-state index contributed by atoms with van der Waals surface area (Å²) in [5.74, 6) is -0.362. The van der Waals surface area contributed by atoms with E-state index in [1.807, 2.05) is 6.26 Å². The van der Waals surface area contributed by atoms with Crippen LogP contribution in [0.25, 0.3) is 0 Å². The van der Waals surface area contributed by atoms with Crippen molar-refractivity contribution < 1.29 is 14.3 Å². The van der Waals surface area contributed by atoms with Gasteiger partial charge < -0.3 is 10.4 Å². The van der Waals surface area contributed by atoms with Crippen LogP contribution in [0.15, 0.2) is 18.2 Å². The molecule has 1 amide bonds. The van der Waals surface area contributed by atoms with Gasteiger partial charge >= 0.3 is 0 Å².